The van der Waals surface area contributed by atoms with E-state index in [2.05, 4.69) is 10.4 Å². The molecular weight excluding hydrogens is 246 g/mol. The highest BCUT2D eigenvalue weighted by Crippen LogP contribution is 1.88. The maximum absolute atomic E-state index is 11.9. The number of rotatable bonds is 5. The highest BCUT2D eigenvalue weighted by atomic mass is 16.2. The minimum absolute atomic E-state index is 0.255. The van der Waals surface area contributed by atoms with Crippen molar-refractivity contribution in [2.75, 3.05) is 6.54 Å². The fourth-order valence-electron chi connectivity index (χ4n) is 1.85. The van der Waals surface area contributed by atoms with E-state index in [0.29, 0.717) is 18.7 Å². The van der Waals surface area contributed by atoms with Crippen LogP contribution in [0.2, 0.25) is 0 Å². The Labute approximate surface area is 110 Å². The van der Waals surface area contributed by atoms with E-state index >= 15 is 0 Å². The Morgan fingerprint density at radius 3 is 2.79 bits per heavy atom. The lowest BCUT2D eigenvalue weighted by molar-refractivity contribution is 0.548. The molecule has 1 N–H and O–H groups in total. The standard InChI is InChI=1S/C12H17N5O2/c1-15-9-10(11(18)16(2)12(15)19)8-13-5-7-17-6-3-4-14-17/h3-4,6,9,13H,5,7-8H2,1-2H3. The first-order valence-electron chi connectivity index (χ1n) is 6.03. The molecule has 0 aromatic carbocycles. The molecule has 0 radical (unpaired) electrons. The summed E-state index contributed by atoms with van der Waals surface area (Å²) in [6.07, 6.45) is 5.18. The van der Waals surface area contributed by atoms with Gasteiger partial charge < -0.3 is 9.88 Å². The van der Waals surface area contributed by atoms with Crippen molar-refractivity contribution < 1.29 is 0 Å². The maximum atomic E-state index is 11.9. The third kappa shape index (κ3) is 3.00. The molecule has 102 valence electrons. The second-order valence-corrected chi connectivity index (χ2v) is 4.36. The van der Waals surface area contributed by atoms with Crippen LogP contribution < -0.4 is 16.6 Å². The van der Waals surface area contributed by atoms with Gasteiger partial charge in [0.25, 0.3) is 5.56 Å². The van der Waals surface area contributed by atoms with Gasteiger partial charge in [0, 0.05) is 51.3 Å². The van der Waals surface area contributed by atoms with E-state index in [0.717, 1.165) is 11.1 Å². The second-order valence-electron chi connectivity index (χ2n) is 4.36. The summed E-state index contributed by atoms with van der Waals surface area (Å²) in [4.78, 5) is 23.4. The van der Waals surface area contributed by atoms with E-state index in [9.17, 15) is 9.59 Å². The Morgan fingerprint density at radius 2 is 2.11 bits per heavy atom. The van der Waals surface area contributed by atoms with E-state index < -0.39 is 0 Å². The minimum atomic E-state index is -0.315. The van der Waals surface area contributed by atoms with E-state index in [-0.39, 0.29) is 11.2 Å². The summed E-state index contributed by atoms with van der Waals surface area (Å²) in [5.41, 5.74) is 0.00467. The smallest absolute Gasteiger partial charge is 0.311 e. The Kier molecular flexibility index (Phi) is 3.96. The summed E-state index contributed by atoms with van der Waals surface area (Å²) < 4.78 is 4.34. The van der Waals surface area contributed by atoms with Crippen molar-refractivity contribution >= 4 is 0 Å². The van der Waals surface area contributed by atoms with Gasteiger partial charge in [-0.25, -0.2) is 4.79 Å². The molecule has 0 saturated carbocycles. The number of nitrogens with one attached hydrogen (secondary N) is 1. The van der Waals surface area contributed by atoms with Gasteiger partial charge in [-0.1, -0.05) is 0 Å². The molecule has 2 rings (SSSR count). The minimum Gasteiger partial charge on any atom is -0.311 e. The van der Waals surface area contributed by atoms with Crippen LogP contribution in [0.25, 0.3) is 0 Å². The fraction of sp³-hybridized carbons (Fsp3) is 0.417. The summed E-state index contributed by atoms with van der Waals surface area (Å²) >= 11 is 0. The van der Waals surface area contributed by atoms with Gasteiger partial charge >= 0.3 is 5.69 Å². The van der Waals surface area contributed by atoms with Gasteiger partial charge in [-0.15, -0.1) is 0 Å². The van der Waals surface area contributed by atoms with Crippen molar-refractivity contribution in [2.45, 2.75) is 13.1 Å². The van der Waals surface area contributed by atoms with Gasteiger partial charge in [-0.3, -0.25) is 14.0 Å². The maximum Gasteiger partial charge on any atom is 0.330 e. The van der Waals surface area contributed by atoms with Crippen LogP contribution in [0.15, 0.2) is 34.2 Å². The van der Waals surface area contributed by atoms with Crippen molar-refractivity contribution in [3.63, 3.8) is 0 Å². The van der Waals surface area contributed by atoms with Crippen LogP contribution >= 0.6 is 0 Å². The number of hydrogen-bond acceptors (Lipinski definition) is 4. The lowest BCUT2D eigenvalue weighted by Gasteiger charge is -2.08. The molecule has 0 spiro atoms. The van der Waals surface area contributed by atoms with Crippen LogP contribution in [-0.2, 0) is 27.2 Å². The average molecular weight is 263 g/mol. The third-order valence-corrected chi connectivity index (χ3v) is 2.91. The largest absolute Gasteiger partial charge is 0.330 e. The van der Waals surface area contributed by atoms with Crippen LogP contribution in [0, 0.1) is 0 Å². The first-order valence-corrected chi connectivity index (χ1v) is 6.03. The number of aromatic nitrogens is 4. The zero-order valence-corrected chi connectivity index (χ0v) is 11.0. The summed E-state index contributed by atoms with van der Waals surface area (Å²) in [6.45, 7) is 1.87. The van der Waals surface area contributed by atoms with Gasteiger partial charge in [0.05, 0.1) is 6.54 Å². The number of hydrogen-bond donors (Lipinski definition) is 1. The summed E-state index contributed by atoms with van der Waals surface area (Å²) in [5, 5.41) is 7.25. The topological polar surface area (TPSA) is 73.8 Å². The molecule has 0 amide bonds. The SMILES string of the molecule is Cn1cc(CNCCn2cccn2)c(=O)n(C)c1=O. The summed E-state index contributed by atoms with van der Waals surface area (Å²) in [7, 11) is 3.12. The Balaban J connectivity index is 1.97. The van der Waals surface area contributed by atoms with E-state index in [1.165, 1.54) is 11.6 Å². The van der Waals surface area contributed by atoms with Crippen LogP contribution in [-0.4, -0.2) is 25.5 Å². The first kappa shape index (κ1) is 13.3. The molecular formula is C12H17N5O2. The molecule has 0 bridgehead atoms. The molecule has 0 aliphatic carbocycles. The predicted octanol–water partition coefficient (Wildman–Crippen LogP) is -0.930. The fourth-order valence-corrected chi connectivity index (χ4v) is 1.85. The van der Waals surface area contributed by atoms with Crippen LogP contribution in [0.3, 0.4) is 0 Å². The third-order valence-electron chi connectivity index (χ3n) is 2.91. The molecule has 2 aromatic heterocycles. The zero-order chi connectivity index (χ0) is 13.8. The molecule has 7 nitrogen and oxygen atoms in total. The lowest BCUT2D eigenvalue weighted by atomic mass is 10.3. The van der Waals surface area contributed by atoms with Crippen molar-refractivity contribution in [3.8, 4) is 0 Å². The van der Waals surface area contributed by atoms with E-state index in [1.807, 2.05) is 16.9 Å². The molecule has 2 aromatic rings. The molecule has 0 aliphatic rings. The van der Waals surface area contributed by atoms with Gasteiger partial charge in [0.15, 0.2) is 0 Å². The number of aryl methyl sites for hydroxylation is 1. The van der Waals surface area contributed by atoms with Crippen molar-refractivity contribution in [1.82, 2.24) is 24.2 Å². The molecule has 0 aliphatic heterocycles. The monoisotopic (exact) mass is 263 g/mol. The zero-order valence-electron chi connectivity index (χ0n) is 11.0. The Morgan fingerprint density at radius 1 is 1.32 bits per heavy atom. The average Bonchev–Trinajstić information content (AvgIpc) is 2.91. The van der Waals surface area contributed by atoms with Gasteiger partial charge in [-0.2, -0.15) is 5.10 Å². The molecule has 2 heterocycles. The molecule has 7 heteroatoms. The Hall–Kier alpha value is -2.15. The molecule has 0 fully saturated rings. The van der Waals surface area contributed by atoms with Gasteiger partial charge in [-0.05, 0) is 6.07 Å². The lowest BCUT2D eigenvalue weighted by Crippen LogP contribution is -2.39. The second kappa shape index (κ2) is 5.66. The molecule has 0 saturated heterocycles. The van der Waals surface area contributed by atoms with Crippen molar-refractivity contribution in [1.29, 1.82) is 0 Å². The summed E-state index contributed by atoms with van der Waals surface area (Å²) in [5.74, 6) is 0. The quantitative estimate of drug-likeness (QED) is 0.707. The summed E-state index contributed by atoms with van der Waals surface area (Å²) in [6, 6.07) is 1.86. The molecule has 0 unspecified atom stereocenters. The van der Waals surface area contributed by atoms with Crippen LogP contribution in [0.1, 0.15) is 5.56 Å². The normalized spacial score (nSPS) is 10.8. The van der Waals surface area contributed by atoms with Crippen LogP contribution in [0.5, 0.6) is 0 Å². The number of nitrogens with zero attached hydrogens (tertiary/aromatic N) is 4. The van der Waals surface area contributed by atoms with E-state index in [1.54, 1.807) is 19.4 Å². The van der Waals surface area contributed by atoms with Gasteiger partial charge in [0.1, 0.15) is 0 Å². The first-order chi connectivity index (χ1) is 9.09. The van der Waals surface area contributed by atoms with Crippen LogP contribution in [0.4, 0.5) is 0 Å². The highest BCUT2D eigenvalue weighted by molar-refractivity contribution is 5.05. The van der Waals surface area contributed by atoms with Crippen molar-refractivity contribution in [2.24, 2.45) is 14.1 Å². The molecule has 0 atom stereocenters. The predicted molar refractivity (Wildman–Crippen MR) is 70.9 cm³/mol. The molecule has 19 heavy (non-hydrogen) atoms. The van der Waals surface area contributed by atoms with Gasteiger partial charge in [0.2, 0.25) is 0 Å². The van der Waals surface area contributed by atoms with Crippen molar-refractivity contribution in [3.05, 3.63) is 51.1 Å². The Bertz CT molecular complexity index is 654. The highest BCUT2D eigenvalue weighted by Gasteiger charge is 2.05. The van der Waals surface area contributed by atoms with E-state index in [4.69, 9.17) is 0 Å².